The highest BCUT2D eigenvalue weighted by Crippen LogP contribution is 2.60. The first-order valence-corrected chi connectivity index (χ1v) is 12.4. The molecule has 0 spiro atoms. The summed E-state index contributed by atoms with van der Waals surface area (Å²) in [6.45, 7) is 5.79. The van der Waals surface area contributed by atoms with Crippen molar-refractivity contribution in [2.75, 3.05) is 27.9 Å². The van der Waals surface area contributed by atoms with Gasteiger partial charge >= 0.3 is 5.97 Å². The topological polar surface area (TPSA) is 54.0 Å². The fraction of sp³-hybridized carbons (Fsp3) is 0.222. The average molecular weight is 466 g/mol. The molecule has 3 aromatic carbocycles. The van der Waals surface area contributed by atoms with Crippen LogP contribution in [-0.2, 0) is 9.53 Å². The Bertz CT molecular complexity index is 943. The normalized spacial score (nSPS) is 11.9. The largest absolute Gasteiger partial charge is 0.497 e. The van der Waals surface area contributed by atoms with Crippen molar-refractivity contribution in [3.63, 3.8) is 0 Å². The van der Waals surface area contributed by atoms with Gasteiger partial charge in [-0.2, -0.15) is 0 Å². The first-order valence-electron chi connectivity index (χ1n) is 10.6. The van der Waals surface area contributed by atoms with Crippen molar-refractivity contribution in [2.24, 2.45) is 0 Å². The molecule has 0 amide bonds. The molecule has 0 aliphatic rings. The molecule has 5 nitrogen and oxygen atoms in total. The van der Waals surface area contributed by atoms with Crippen molar-refractivity contribution in [3.8, 4) is 17.2 Å². The van der Waals surface area contributed by atoms with Crippen molar-refractivity contribution in [1.29, 1.82) is 0 Å². The van der Waals surface area contributed by atoms with Gasteiger partial charge in [-0.3, -0.25) is 4.79 Å². The van der Waals surface area contributed by atoms with E-state index in [9.17, 15) is 4.79 Å². The van der Waals surface area contributed by atoms with Crippen LogP contribution < -0.4 is 30.1 Å². The molecule has 0 bridgehead atoms. The standard InChI is InChI=1S/C27H30O5P/c1-6-24(19-32-20(2)28)33(25-13-7-21(29-3)8-14-25,26-15-9-22(30-4)10-16-26)27-17-11-23(31-5)12-18-27/h6-18,24H,1,19H2,2-5H3/q+1. The Morgan fingerprint density at radius 3 is 1.33 bits per heavy atom. The van der Waals surface area contributed by atoms with Crippen LogP contribution in [0.3, 0.4) is 0 Å². The number of benzene rings is 3. The van der Waals surface area contributed by atoms with E-state index in [2.05, 4.69) is 43.0 Å². The van der Waals surface area contributed by atoms with E-state index in [1.807, 2.05) is 42.5 Å². The van der Waals surface area contributed by atoms with Gasteiger partial charge in [-0.05, 0) is 78.9 Å². The molecule has 3 aromatic rings. The Kier molecular flexibility index (Phi) is 8.13. The molecule has 1 unspecified atom stereocenters. The Morgan fingerprint density at radius 1 is 0.758 bits per heavy atom. The highest BCUT2D eigenvalue weighted by atomic mass is 31.2. The van der Waals surface area contributed by atoms with Gasteiger partial charge in [-0.25, -0.2) is 0 Å². The summed E-state index contributed by atoms with van der Waals surface area (Å²) >= 11 is 0. The van der Waals surface area contributed by atoms with Crippen molar-refractivity contribution < 1.29 is 23.7 Å². The third-order valence-corrected chi connectivity index (χ3v) is 10.4. The number of esters is 1. The Hall–Kier alpha value is -3.30. The van der Waals surface area contributed by atoms with Crippen molar-refractivity contribution in [1.82, 2.24) is 0 Å². The van der Waals surface area contributed by atoms with Gasteiger partial charge in [0.1, 0.15) is 52.7 Å². The lowest BCUT2D eigenvalue weighted by molar-refractivity contribution is -0.140. The number of carbonyl (C=O) groups is 1. The fourth-order valence-electron chi connectivity index (χ4n) is 4.01. The molecule has 0 fully saturated rings. The predicted octanol–water partition coefficient (Wildman–Crippen LogP) is 4.12. The average Bonchev–Trinajstić information content (AvgIpc) is 2.87. The summed E-state index contributed by atoms with van der Waals surface area (Å²) in [6.07, 6.45) is 1.90. The molecule has 0 aliphatic carbocycles. The van der Waals surface area contributed by atoms with E-state index in [4.69, 9.17) is 18.9 Å². The molecule has 0 radical (unpaired) electrons. The van der Waals surface area contributed by atoms with Crippen LogP contribution in [-0.4, -0.2) is 39.6 Å². The summed E-state index contributed by atoms with van der Waals surface area (Å²) in [4.78, 5) is 11.8. The molecule has 0 saturated carbocycles. The minimum Gasteiger partial charge on any atom is -0.497 e. The maximum atomic E-state index is 11.8. The minimum atomic E-state index is -2.37. The second-order valence-electron chi connectivity index (χ2n) is 7.42. The highest BCUT2D eigenvalue weighted by Gasteiger charge is 2.52. The molecule has 0 aromatic heterocycles. The van der Waals surface area contributed by atoms with E-state index in [1.165, 1.54) is 6.92 Å². The zero-order valence-electron chi connectivity index (χ0n) is 19.5. The SMILES string of the molecule is C=CC(COC(C)=O)[P+](c1ccc(OC)cc1)(c1ccc(OC)cc1)c1ccc(OC)cc1. The van der Waals surface area contributed by atoms with E-state index < -0.39 is 7.26 Å². The molecule has 0 heterocycles. The number of carbonyl (C=O) groups excluding carboxylic acids is 1. The van der Waals surface area contributed by atoms with Crippen LogP contribution in [0.4, 0.5) is 0 Å². The summed E-state index contributed by atoms with van der Waals surface area (Å²) in [5, 5.41) is 3.36. The Morgan fingerprint density at radius 2 is 1.09 bits per heavy atom. The lowest BCUT2D eigenvalue weighted by atomic mass is 10.3. The van der Waals surface area contributed by atoms with Crippen LogP contribution in [0, 0.1) is 0 Å². The first-order chi connectivity index (χ1) is 16.0. The number of methoxy groups -OCH3 is 3. The van der Waals surface area contributed by atoms with E-state index in [-0.39, 0.29) is 18.2 Å². The van der Waals surface area contributed by atoms with Crippen molar-refractivity contribution in [2.45, 2.75) is 12.6 Å². The molecule has 6 heteroatoms. The predicted molar refractivity (Wildman–Crippen MR) is 135 cm³/mol. The van der Waals surface area contributed by atoms with Gasteiger partial charge < -0.3 is 18.9 Å². The molecular formula is C27H30O5P+. The second-order valence-corrected chi connectivity index (χ2v) is 11.1. The van der Waals surface area contributed by atoms with E-state index in [1.54, 1.807) is 21.3 Å². The Labute approximate surface area is 196 Å². The second kappa shape index (κ2) is 11.0. The molecule has 1 atom stereocenters. The number of hydrogen-bond donors (Lipinski definition) is 0. The number of ether oxygens (including phenoxy) is 4. The molecule has 33 heavy (non-hydrogen) atoms. The summed E-state index contributed by atoms with van der Waals surface area (Å²) < 4.78 is 21.8. The molecule has 0 aliphatic heterocycles. The smallest absolute Gasteiger partial charge is 0.302 e. The quantitative estimate of drug-likeness (QED) is 0.256. The molecular weight excluding hydrogens is 435 g/mol. The summed E-state index contributed by atoms with van der Waals surface area (Å²) in [5.41, 5.74) is -0.156. The molecule has 0 saturated heterocycles. The van der Waals surface area contributed by atoms with Crippen LogP contribution in [0.5, 0.6) is 17.2 Å². The molecule has 0 N–H and O–H groups in total. The van der Waals surface area contributed by atoms with Gasteiger partial charge in [0.25, 0.3) is 0 Å². The lowest BCUT2D eigenvalue weighted by Crippen LogP contribution is -2.40. The van der Waals surface area contributed by atoms with Crippen molar-refractivity contribution >= 4 is 29.1 Å². The van der Waals surface area contributed by atoms with Crippen LogP contribution >= 0.6 is 7.26 Å². The van der Waals surface area contributed by atoms with Crippen LogP contribution in [0.2, 0.25) is 0 Å². The minimum absolute atomic E-state index is 0.156. The number of hydrogen-bond acceptors (Lipinski definition) is 5. The third kappa shape index (κ3) is 5.04. The zero-order valence-corrected chi connectivity index (χ0v) is 20.4. The van der Waals surface area contributed by atoms with Gasteiger partial charge in [0.15, 0.2) is 0 Å². The van der Waals surface area contributed by atoms with E-state index >= 15 is 0 Å². The maximum Gasteiger partial charge on any atom is 0.302 e. The van der Waals surface area contributed by atoms with E-state index in [0.717, 1.165) is 33.2 Å². The fourth-order valence-corrected chi connectivity index (χ4v) is 8.53. The van der Waals surface area contributed by atoms with Crippen LogP contribution in [0.1, 0.15) is 6.92 Å². The summed E-state index contributed by atoms with van der Waals surface area (Å²) in [7, 11) is 2.58. The Balaban J connectivity index is 2.34. The van der Waals surface area contributed by atoms with Gasteiger partial charge in [-0.15, -0.1) is 0 Å². The highest BCUT2D eigenvalue weighted by molar-refractivity contribution is 7.96. The van der Waals surface area contributed by atoms with Gasteiger partial charge in [0, 0.05) is 6.92 Å². The van der Waals surface area contributed by atoms with E-state index in [0.29, 0.717) is 0 Å². The van der Waals surface area contributed by atoms with Gasteiger partial charge in [0.05, 0.1) is 21.3 Å². The third-order valence-electron chi connectivity index (χ3n) is 5.67. The summed E-state index contributed by atoms with van der Waals surface area (Å²) in [6, 6.07) is 24.3. The molecule has 172 valence electrons. The van der Waals surface area contributed by atoms with Gasteiger partial charge in [0.2, 0.25) is 0 Å². The van der Waals surface area contributed by atoms with Crippen molar-refractivity contribution in [3.05, 3.63) is 85.5 Å². The van der Waals surface area contributed by atoms with Crippen LogP contribution in [0.15, 0.2) is 85.5 Å². The summed E-state index contributed by atoms with van der Waals surface area (Å²) in [5.74, 6) is 2.00. The monoisotopic (exact) mass is 465 g/mol. The van der Waals surface area contributed by atoms with Crippen LogP contribution in [0.25, 0.3) is 0 Å². The first kappa shape index (κ1) is 24.3. The lowest BCUT2D eigenvalue weighted by Gasteiger charge is -2.33. The number of rotatable bonds is 10. The molecule has 3 rings (SSSR count). The van der Waals surface area contributed by atoms with Gasteiger partial charge in [-0.1, -0.05) is 6.58 Å². The zero-order chi connectivity index (χ0) is 23.8. The maximum absolute atomic E-state index is 11.8.